The Morgan fingerprint density at radius 3 is 2.95 bits per heavy atom. The molecule has 1 heterocycles. The summed E-state index contributed by atoms with van der Waals surface area (Å²) in [5.74, 6) is -0.657. The van der Waals surface area contributed by atoms with E-state index < -0.39 is 10.7 Å². The summed E-state index contributed by atoms with van der Waals surface area (Å²) in [6.07, 6.45) is 2.68. The molecule has 6 nitrogen and oxygen atoms in total. The standard InChI is InChI=1S/C13H15FN4O2/c1-2-4-15-9-11-3-5-17(16-11)12-6-10(14)7-13(8-12)18(19)20/h3,5-8,15H,2,4,9H2,1H3. The van der Waals surface area contributed by atoms with Gasteiger partial charge in [-0.15, -0.1) is 0 Å². The fourth-order valence-corrected chi connectivity index (χ4v) is 1.79. The molecule has 2 rings (SSSR count). The largest absolute Gasteiger partial charge is 0.311 e. The summed E-state index contributed by atoms with van der Waals surface area (Å²) in [7, 11) is 0. The van der Waals surface area contributed by atoms with Crippen LogP contribution in [-0.2, 0) is 6.54 Å². The molecule has 0 aliphatic carbocycles. The van der Waals surface area contributed by atoms with Crippen molar-refractivity contribution in [2.45, 2.75) is 19.9 Å². The zero-order valence-corrected chi connectivity index (χ0v) is 11.0. The van der Waals surface area contributed by atoms with Crippen LogP contribution in [0.3, 0.4) is 0 Å². The average molecular weight is 278 g/mol. The van der Waals surface area contributed by atoms with Gasteiger partial charge in [0.25, 0.3) is 5.69 Å². The summed E-state index contributed by atoms with van der Waals surface area (Å²) in [4.78, 5) is 10.1. The molecule has 0 spiro atoms. The minimum Gasteiger partial charge on any atom is -0.311 e. The number of non-ortho nitro benzene ring substituents is 1. The summed E-state index contributed by atoms with van der Waals surface area (Å²) in [6.45, 7) is 3.56. The van der Waals surface area contributed by atoms with Crippen LogP contribution in [0.4, 0.5) is 10.1 Å². The predicted octanol–water partition coefficient (Wildman–Crippen LogP) is 2.42. The maximum Gasteiger partial charge on any atom is 0.274 e. The number of nitro benzene ring substituents is 1. The van der Waals surface area contributed by atoms with Crippen LogP contribution in [0, 0.1) is 15.9 Å². The fraction of sp³-hybridized carbons (Fsp3) is 0.308. The molecule has 0 saturated carbocycles. The summed E-state index contributed by atoms with van der Waals surface area (Å²) in [6, 6.07) is 5.18. The molecule has 0 aliphatic rings. The van der Waals surface area contributed by atoms with E-state index in [0.717, 1.165) is 24.7 Å². The number of nitrogens with zero attached hydrogens (tertiary/aromatic N) is 3. The minimum absolute atomic E-state index is 0.291. The number of aromatic nitrogens is 2. The molecule has 0 radical (unpaired) electrons. The van der Waals surface area contributed by atoms with Gasteiger partial charge in [0.15, 0.2) is 0 Å². The van der Waals surface area contributed by atoms with Crippen molar-refractivity contribution < 1.29 is 9.31 Å². The second kappa shape index (κ2) is 6.25. The molecule has 0 amide bonds. The number of nitro groups is 1. The van der Waals surface area contributed by atoms with Crippen LogP contribution in [0.2, 0.25) is 0 Å². The molecular weight excluding hydrogens is 263 g/mol. The van der Waals surface area contributed by atoms with E-state index in [1.54, 1.807) is 12.3 Å². The Balaban J connectivity index is 2.21. The van der Waals surface area contributed by atoms with E-state index in [1.165, 1.54) is 16.8 Å². The third kappa shape index (κ3) is 3.39. The van der Waals surface area contributed by atoms with E-state index >= 15 is 0 Å². The van der Waals surface area contributed by atoms with Crippen molar-refractivity contribution in [1.82, 2.24) is 15.1 Å². The van der Waals surface area contributed by atoms with Gasteiger partial charge >= 0.3 is 0 Å². The van der Waals surface area contributed by atoms with Crippen LogP contribution in [0.25, 0.3) is 5.69 Å². The van der Waals surface area contributed by atoms with Gasteiger partial charge in [0, 0.05) is 24.9 Å². The molecule has 106 valence electrons. The number of rotatable bonds is 6. The van der Waals surface area contributed by atoms with E-state index in [9.17, 15) is 14.5 Å². The van der Waals surface area contributed by atoms with Gasteiger partial charge < -0.3 is 5.32 Å². The normalized spacial score (nSPS) is 10.7. The van der Waals surface area contributed by atoms with Crippen molar-refractivity contribution in [1.29, 1.82) is 0 Å². The molecule has 2 aromatic rings. The van der Waals surface area contributed by atoms with Gasteiger partial charge in [0.1, 0.15) is 5.82 Å². The predicted molar refractivity (Wildman–Crippen MR) is 72.2 cm³/mol. The first-order valence-electron chi connectivity index (χ1n) is 6.30. The van der Waals surface area contributed by atoms with Crippen molar-refractivity contribution in [2.24, 2.45) is 0 Å². The molecule has 1 aromatic heterocycles. The molecular formula is C13H15FN4O2. The number of halogens is 1. The molecule has 0 unspecified atom stereocenters. The quantitative estimate of drug-likeness (QED) is 0.500. The van der Waals surface area contributed by atoms with E-state index in [0.29, 0.717) is 12.2 Å². The van der Waals surface area contributed by atoms with Gasteiger partial charge in [-0.1, -0.05) is 6.92 Å². The lowest BCUT2D eigenvalue weighted by atomic mass is 10.3. The molecule has 7 heteroatoms. The second-order valence-corrected chi connectivity index (χ2v) is 4.35. The highest BCUT2D eigenvalue weighted by Crippen LogP contribution is 2.19. The summed E-state index contributed by atoms with van der Waals surface area (Å²) >= 11 is 0. The maximum atomic E-state index is 13.4. The van der Waals surface area contributed by atoms with Crippen LogP contribution >= 0.6 is 0 Å². The van der Waals surface area contributed by atoms with Gasteiger partial charge in [-0.05, 0) is 19.0 Å². The summed E-state index contributed by atoms with van der Waals surface area (Å²) < 4.78 is 14.8. The van der Waals surface area contributed by atoms with Crippen molar-refractivity contribution >= 4 is 5.69 Å². The molecule has 0 bridgehead atoms. The molecule has 0 fully saturated rings. The Kier molecular flexibility index (Phi) is 4.41. The van der Waals surface area contributed by atoms with E-state index in [2.05, 4.69) is 17.3 Å². The molecule has 1 aromatic carbocycles. The Morgan fingerprint density at radius 1 is 1.45 bits per heavy atom. The van der Waals surface area contributed by atoms with Crippen LogP contribution in [0.1, 0.15) is 19.0 Å². The zero-order chi connectivity index (χ0) is 14.5. The third-order valence-corrected chi connectivity index (χ3v) is 2.72. The number of hydrogen-bond donors (Lipinski definition) is 1. The van der Waals surface area contributed by atoms with E-state index in [1.807, 2.05) is 0 Å². The third-order valence-electron chi connectivity index (χ3n) is 2.72. The van der Waals surface area contributed by atoms with Gasteiger partial charge in [-0.3, -0.25) is 10.1 Å². The molecule has 0 atom stereocenters. The van der Waals surface area contributed by atoms with Crippen molar-refractivity contribution in [3.05, 3.63) is 52.1 Å². The first-order chi connectivity index (χ1) is 9.60. The van der Waals surface area contributed by atoms with Gasteiger partial charge in [0.2, 0.25) is 0 Å². The highest BCUT2D eigenvalue weighted by atomic mass is 19.1. The first kappa shape index (κ1) is 14.1. The van der Waals surface area contributed by atoms with Gasteiger partial charge in [0.05, 0.1) is 22.4 Å². The number of hydrogen-bond acceptors (Lipinski definition) is 4. The lowest BCUT2D eigenvalue weighted by Crippen LogP contribution is -2.14. The van der Waals surface area contributed by atoms with Gasteiger partial charge in [-0.2, -0.15) is 5.10 Å². The zero-order valence-electron chi connectivity index (χ0n) is 11.0. The van der Waals surface area contributed by atoms with Crippen LogP contribution < -0.4 is 5.32 Å². The summed E-state index contributed by atoms with van der Waals surface area (Å²) in [5, 5.41) is 18.2. The minimum atomic E-state index is -0.657. The topological polar surface area (TPSA) is 73.0 Å². The van der Waals surface area contributed by atoms with E-state index in [4.69, 9.17) is 0 Å². The Morgan fingerprint density at radius 2 is 2.25 bits per heavy atom. The monoisotopic (exact) mass is 278 g/mol. The first-order valence-corrected chi connectivity index (χ1v) is 6.30. The molecule has 0 aliphatic heterocycles. The van der Waals surface area contributed by atoms with Gasteiger partial charge in [-0.25, -0.2) is 9.07 Å². The van der Waals surface area contributed by atoms with Crippen LogP contribution in [-0.4, -0.2) is 21.2 Å². The molecule has 20 heavy (non-hydrogen) atoms. The average Bonchev–Trinajstić information content (AvgIpc) is 2.87. The lowest BCUT2D eigenvalue weighted by Gasteiger charge is -2.02. The SMILES string of the molecule is CCCNCc1ccn(-c2cc(F)cc([N+](=O)[O-])c2)n1. The fourth-order valence-electron chi connectivity index (χ4n) is 1.79. The highest BCUT2D eigenvalue weighted by molar-refractivity contribution is 5.43. The summed E-state index contributed by atoms with van der Waals surface area (Å²) in [5.41, 5.74) is 0.838. The number of benzene rings is 1. The highest BCUT2D eigenvalue weighted by Gasteiger charge is 2.11. The molecule has 0 saturated heterocycles. The number of nitrogens with one attached hydrogen (secondary N) is 1. The Bertz CT molecular complexity index is 612. The Labute approximate surface area is 115 Å². The van der Waals surface area contributed by atoms with Crippen molar-refractivity contribution in [2.75, 3.05) is 6.54 Å². The second-order valence-electron chi connectivity index (χ2n) is 4.35. The van der Waals surface area contributed by atoms with Crippen LogP contribution in [0.5, 0.6) is 0 Å². The van der Waals surface area contributed by atoms with Crippen molar-refractivity contribution in [3.63, 3.8) is 0 Å². The van der Waals surface area contributed by atoms with Crippen LogP contribution in [0.15, 0.2) is 30.5 Å². The molecule has 1 N–H and O–H groups in total. The van der Waals surface area contributed by atoms with E-state index in [-0.39, 0.29) is 5.69 Å². The maximum absolute atomic E-state index is 13.4. The Hall–Kier alpha value is -2.28. The smallest absolute Gasteiger partial charge is 0.274 e. The lowest BCUT2D eigenvalue weighted by molar-refractivity contribution is -0.385. The van der Waals surface area contributed by atoms with Crippen molar-refractivity contribution in [3.8, 4) is 5.69 Å².